The molecule has 3 heteroatoms. The van der Waals surface area contributed by atoms with Crippen molar-refractivity contribution in [2.45, 2.75) is 6.54 Å². The summed E-state index contributed by atoms with van der Waals surface area (Å²) >= 11 is 0. The molecule has 0 amide bonds. The predicted octanol–water partition coefficient (Wildman–Crippen LogP) is 1.26. The Bertz CT molecular complexity index is 479. The predicted molar refractivity (Wildman–Crippen MR) is 61.4 cm³/mol. The number of nitrogens with zero attached hydrogens (tertiary/aromatic N) is 2. The van der Waals surface area contributed by atoms with Crippen LogP contribution in [0.15, 0.2) is 30.6 Å². The highest BCUT2D eigenvalue weighted by Crippen LogP contribution is 2.10. The van der Waals surface area contributed by atoms with Crippen molar-refractivity contribution in [1.82, 2.24) is 14.9 Å². The van der Waals surface area contributed by atoms with Gasteiger partial charge in [0.25, 0.3) is 0 Å². The molecule has 15 heavy (non-hydrogen) atoms. The van der Waals surface area contributed by atoms with Crippen LogP contribution >= 0.6 is 0 Å². The van der Waals surface area contributed by atoms with Gasteiger partial charge in [-0.15, -0.1) is 6.42 Å². The van der Waals surface area contributed by atoms with E-state index in [1.165, 1.54) is 5.52 Å². The summed E-state index contributed by atoms with van der Waals surface area (Å²) in [5.41, 5.74) is 2.20. The molecule has 0 aliphatic heterocycles. The van der Waals surface area contributed by atoms with Gasteiger partial charge in [0.2, 0.25) is 0 Å². The van der Waals surface area contributed by atoms with Crippen LogP contribution in [-0.4, -0.2) is 22.6 Å². The summed E-state index contributed by atoms with van der Waals surface area (Å²) in [4.78, 5) is 4.31. The van der Waals surface area contributed by atoms with E-state index in [-0.39, 0.29) is 0 Å². The van der Waals surface area contributed by atoms with Gasteiger partial charge < -0.3 is 9.88 Å². The van der Waals surface area contributed by atoms with Gasteiger partial charge in [0.05, 0.1) is 23.9 Å². The zero-order valence-corrected chi connectivity index (χ0v) is 8.48. The van der Waals surface area contributed by atoms with Gasteiger partial charge in [-0.2, -0.15) is 0 Å². The lowest BCUT2D eigenvalue weighted by molar-refractivity contribution is 0.641. The normalized spacial score (nSPS) is 10.3. The topological polar surface area (TPSA) is 29.9 Å². The summed E-state index contributed by atoms with van der Waals surface area (Å²) in [5, 5.41) is 3.15. The summed E-state index contributed by atoms with van der Waals surface area (Å²) in [5.74, 6) is 2.55. The molecule has 76 valence electrons. The van der Waals surface area contributed by atoms with E-state index in [1.54, 1.807) is 0 Å². The second-order valence-corrected chi connectivity index (χ2v) is 3.31. The monoisotopic (exact) mass is 199 g/mol. The van der Waals surface area contributed by atoms with Crippen molar-refractivity contribution in [2.75, 3.05) is 13.1 Å². The Hall–Kier alpha value is -1.79. The molecule has 0 bridgehead atoms. The molecule has 1 aromatic heterocycles. The maximum absolute atomic E-state index is 5.15. The van der Waals surface area contributed by atoms with E-state index in [1.807, 2.05) is 24.5 Å². The standard InChI is InChI=1S/C12H13N3/c1-2-7-13-8-9-15-10-14-11-5-3-4-6-12(11)15/h1,3-6,10,13H,7-9H2. The summed E-state index contributed by atoms with van der Waals surface area (Å²) < 4.78 is 2.12. The first-order valence-electron chi connectivity index (χ1n) is 4.96. The zero-order chi connectivity index (χ0) is 10.5. The molecule has 0 aliphatic rings. The average Bonchev–Trinajstić information content (AvgIpc) is 2.68. The summed E-state index contributed by atoms with van der Waals surface area (Å²) in [6.45, 7) is 2.37. The van der Waals surface area contributed by atoms with Crippen LogP contribution in [0.25, 0.3) is 11.0 Å². The second-order valence-electron chi connectivity index (χ2n) is 3.31. The summed E-state index contributed by atoms with van der Waals surface area (Å²) in [6, 6.07) is 8.11. The molecule has 0 saturated carbocycles. The van der Waals surface area contributed by atoms with Gasteiger partial charge in [0.15, 0.2) is 0 Å². The van der Waals surface area contributed by atoms with Gasteiger partial charge in [-0.25, -0.2) is 4.98 Å². The SMILES string of the molecule is C#CCNCCn1cnc2ccccc21. The molecule has 3 nitrogen and oxygen atoms in total. The molecule has 1 heterocycles. The lowest BCUT2D eigenvalue weighted by Crippen LogP contribution is -2.19. The van der Waals surface area contributed by atoms with Crippen LogP contribution in [0.2, 0.25) is 0 Å². The van der Waals surface area contributed by atoms with E-state index in [4.69, 9.17) is 6.42 Å². The van der Waals surface area contributed by atoms with Crippen molar-refractivity contribution in [2.24, 2.45) is 0 Å². The van der Waals surface area contributed by atoms with Gasteiger partial charge in [-0.1, -0.05) is 18.1 Å². The largest absolute Gasteiger partial charge is 0.329 e. The first-order chi connectivity index (χ1) is 7.42. The van der Waals surface area contributed by atoms with Gasteiger partial charge >= 0.3 is 0 Å². The van der Waals surface area contributed by atoms with E-state index < -0.39 is 0 Å². The van der Waals surface area contributed by atoms with E-state index in [0.717, 1.165) is 18.6 Å². The van der Waals surface area contributed by atoms with E-state index in [2.05, 4.69) is 26.9 Å². The number of hydrogen-bond acceptors (Lipinski definition) is 2. The first kappa shape index (κ1) is 9.75. The van der Waals surface area contributed by atoms with Crippen molar-refractivity contribution < 1.29 is 0 Å². The summed E-state index contributed by atoms with van der Waals surface area (Å²) in [6.07, 6.45) is 7.01. The Morgan fingerprint density at radius 2 is 2.27 bits per heavy atom. The number of fused-ring (bicyclic) bond motifs is 1. The Kier molecular flexibility index (Phi) is 3.01. The number of nitrogens with one attached hydrogen (secondary N) is 1. The van der Waals surface area contributed by atoms with Crippen molar-refractivity contribution in [3.63, 3.8) is 0 Å². The minimum absolute atomic E-state index is 0.618. The fourth-order valence-electron chi connectivity index (χ4n) is 1.55. The minimum atomic E-state index is 0.618. The maximum Gasteiger partial charge on any atom is 0.0958 e. The van der Waals surface area contributed by atoms with Crippen LogP contribution in [-0.2, 0) is 6.54 Å². The number of terminal acetylenes is 1. The number of hydrogen-bond donors (Lipinski definition) is 1. The molecular formula is C12H13N3. The van der Waals surface area contributed by atoms with Crippen LogP contribution in [0.1, 0.15) is 0 Å². The number of benzene rings is 1. The van der Waals surface area contributed by atoms with Crippen molar-refractivity contribution >= 4 is 11.0 Å². The quantitative estimate of drug-likeness (QED) is 0.593. The molecule has 0 atom stereocenters. The lowest BCUT2D eigenvalue weighted by atomic mass is 10.3. The highest BCUT2D eigenvalue weighted by molar-refractivity contribution is 5.74. The van der Waals surface area contributed by atoms with Crippen molar-refractivity contribution in [3.05, 3.63) is 30.6 Å². The Morgan fingerprint density at radius 1 is 1.40 bits per heavy atom. The molecule has 0 saturated heterocycles. The lowest BCUT2D eigenvalue weighted by Gasteiger charge is -2.03. The number of imidazole rings is 1. The zero-order valence-electron chi connectivity index (χ0n) is 8.48. The van der Waals surface area contributed by atoms with Crippen LogP contribution < -0.4 is 5.32 Å². The maximum atomic E-state index is 5.15. The molecular weight excluding hydrogens is 186 g/mol. The average molecular weight is 199 g/mol. The first-order valence-corrected chi connectivity index (χ1v) is 4.96. The van der Waals surface area contributed by atoms with Crippen LogP contribution in [0, 0.1) is 12.3 Å². The fraction of sp³-hybridized carbons (Fsp3) is 0.250. The molecule has 0 radical (unpaired) electrons. The molecule has 0 unspecified atom stereocenters. The highest BCUT2D eigenvalue weighted by atomic mass is 15.1. The Morgan fingerprint density at radius 3 is 3.13 bits per heavy atom. The number of aromatic nitrogens is 2. The molecule has 0 fully saturated rings. The smallest absolute Gasteiger partial charge is 0.0958 e. The number of para-hydroxylation sites is 2. The Balaban J connectivity index is 2.05. The van der Waals surface area contributed by atoms with E-state index >= 15 is 0 Å². The van der Waals surface area contributed by atoms with E-state index in [9.17, 15) is 0 Å². The van der Waals surface area contributed by atoms with Gasteiger partial charge in [0.1, 0.15) is 0 Å². The third-order valence-electron chi connectivity index (χ3n) is 2.28. The summed E-state index contributed by atoms with van der Waals surface area (Å²) in [7, 11) is 0. The van der Waals surface area contributed by atoms with Gasteiger partial charge in [0, 0.05) is 13.1 Å². The Labute approximate surface area is 89.1 Å². The second kappa shape index (κ2) is 4.63. The van der Waals surface area contributed by atoms with E-state index in [0.29, 0.717) is 6.54 Å². The number of rotatable bonds is 4. The molecule has 1 aromatic carbocycles. The molecule has 2 rings (SSSR count). The highest BCUT2D eigenvalue weighted by Gasteiger charge is 1.99. The fourth-order valence-corrected chi connectivity index (χ4v) is 1.55. The van der Waals surface area contributed by atoms with Crippen molar-refractivity contribution in [3.8, 4) is 12.3 Å². The minimum Gasteiger partial charge on any atom is -0.329 e. The third-order valence-corrected chi connectivity index (χ3v) is 2.28. The molecule has 0 spiro atoms. The molecule has 0 aliphatic carbocycles. The van der Waals surface area contributed by atoms with Crippen LogP contribution in [0.3, 0.4) is 0 Å². The van der Waals surface area contributed by atoms with Crippen LogP contribution in [0.4, 0.5) is 0 Å². The molecule has 2 aromatic rings. The molecule has 1 N–H and O–H groups in total. The third kappa shape index (κ3) is 2.17. The van der Waals surface area contributed by atoms with Gasteiger partial charge in [-0.3, -0.25) is 0 Å². The van der Waals surface area contributed by atoms with Crippen molar-refractivity contribution in [1.29, 1.82) is 0 Å². The van der Waals surface area contributed by atoms with Crippen LogP contribution in [0.5, 0.6) is 0 Å². The van der Waals surface area contributed by atoms with Gasteiger partial charge in [-0.05, 0) is 12.1 Å².